The Balaban J connectivity index is 4.33. The summed E-state index contributed by atoms with van der Waals surface area (Å²) in [5.41, 5.74) is 5.35. The highest BCUT2D eigenvalue weighted by Gasteiger charge is 2.26. The summed E-state index contributed by atoms with van der Waals surface area (Å²) in [4.78, 5) is 22.6. The molecule has 0 aliphatic rings. The van der Waals surface area contributed by atoms with Crippen LogP contribution in [0.1, 0.15) is 174 Å². The van der Waals surface area contributed by atoms with Crippen LogP contribution < -0.4 is 11.1 Å². The van der Waals surface area contributed by atoms with E-state index in [0.29, 0.717) is 6.42 Å². The molecule has 0 saturated carbocycles. The van der Waals surface area contributed by atoms with Crippen molar-refractivity contribution in [3.8, 4) is 0 Å². The number of hydrogen-bond donors (Lipinski definition) is 4. The smallest absolute Gasteiger partial charge is 0.387 e. The minimum Gasteiger partial charge on any atom is -0.387 e. The molecule has 3 unspecified atom stereocenters. The van der Waals surface area contributed by atoms with Gasteiger partial charge in [0.05, 0.1) is 25.4 Å². The van der Waals surface area contributed by atoms with Gasteiger partial charge >= 0.3 is 7.82 Å². The number of carbonyl (C=O) groups is 1. The average Bonchev–Trinajstić information content (AvgIpc) is 3.07. The zero-order valence-electron chi connectivity index (χ0n) is 31.0. The molecule has 0 aromatic rings. The largest absolute Gasteiger partial charge is 0.472 e. The van der Waals surface area contributed by atoms with E-state index in [2.05, 4.69) is 43.5 Å². The van der Waals surface area contributed by atoms with Gasteiger partial charge < -0.3 is 21.1 Å². The van der Waals surface area contributed by atoms with Crippen molar-refractivity contribution in [2.45, 2.75) is 187 Å². The van der Waals surface area contributed by atoms with Gasteiger partial charge in [-0.1, -0.05) is 153 Å². The molecule has 0 aromatic carbocycles. The predicted octanol–water partition coefficient (Wildman–Crippen LogP) is 10.4. The predicted molar refractivity (Wildman–Crippen MR) is 203 cm³/mol. The number of amides is 1. The second-order valence-corrected chi connectivity index (χ2v) is 14.6. The van der Waals surface area contributed by atoms with Crippen molar-refractivity contribution in [1.82, 2.24) is 5.32 Å². The summed E-state index contributed by atoms with van der Waals surface area (Å²) < 4.78 is 22.0. The van der Waals surface area contributed by atoms with Crippen LogP contribution in [-0.4, -0.2) is 47.8 Å². The summed E-state index contributed by atoms with van der Waals surface area (Å²) in [6.07, 6.45) is 40.5. The fraction of sp³-hybridized carbons (Fsp3) is 0.821. The van der Waals surface area contributed by atoms with Crippen molar-refractivity contribution in [3.63, 3.8) is 0 Å². The van der Waals surface area contributed by atoms with Gasteiger partial charge in [-0.2, -0.15) is 0 Å². The number of phosphoric acid groups is 1. The van der Waals surface area contributed by atoms with Crippen molar-refractivity contribution in [3.05, 3.63) is 36.5 Å². The highest BCUT2D eigenvalue weighted by atomic mass is 31.2. The third kappa shape index (κ3) is 33.2. The first-order chi connectivity index (χ1) is 23.4. The molecule has 0 bridgehead atoms. The summed E-state index contributed by atoms with van der Waals surface area (Å²) in [5.74, 6) is -0.216. The molecule has 282 valence electrons. The molecule has 0 heterocycles. The number of allylic oxidation sites excluding steroid dienone is 5. The lowest BCUT2D eigenvalue weighted by atomic mass is 10.0. The molecule has 8 nitrogen and oxygen atoms in total. The van der Waals surface area contributed by atoms with Gasteiger partial charge in [0.25, 0.3) is 0 Å². The molecule has 1 amide bonds. The van der Waals surface area contributed by atoms with Gasteiger partial charge in [-0.25, -0.2) is 4.57 Å². The average molecular weight is 699 g/mol. The van der Waals surface area contributed by atoms with Crippen molar-refractivity contribution in [2.24, 2.45) is 5.73 Å². The van der Waals surface area contributed by atoms with Gasteiger partial charge in [-0.3, -0.25) is 13.8 Å². The number of phosphoric ester groups is 1. The summed E-state index contributed by atoms with van der Waals surface area (Å²) in [6.45, 7) is 4.05. The van der Waals surface area contributed by atoms with Crippen LogP contribution in [0.3, 0.4) is 0 Å². The maximum absolute atomic E-state index is 12.7. The molecule has 0 aliphatic heterocycles. The molecule has 3 atom stereocenters. The van der Waals surface area contributed by atoms with Gasteiger partial charge in [0.1, 0.15) is 0 Å². The summed E-state index contributed by atoms with van der Waals surface area (Å²) in [5, 5.41) is 13.6. The molecular formula is C39H75N2O6P. The number of aliphatic hydroxyl groups is 1. The Kier molecular flexibility index (Phi) is 34.6. The van der Waals surface area contributed by atoms with Gasteiger partial charge in [-0.05, 0) is 51.4 Å². The van der Waals surface area contributed by atoms with E-state index < -0.39 is 20.0 Å². The molecule has 9 heteroatoms. The molecule has 48 heavy (non-hydrogen) atoms. The number of rotatable bonds is 36. The quantitative estimate of drug-likeness (QED) is 0.0291. The van der Waals surface area contributed by atoms with Gasteiger partial charge in [-0.15, -0.1) is 0 Å². The van der Waals surface area contributed by atoms with Crippen LogP contribution in [0.25, 0.3) is 0 Å². The Hall–Kier alpha value is -1.28. The van der Waals surface area contributed by atoms with Crippen molar-refractivity contribution in [2.75, 3.05) is 19.8 Å². The highest BCUT2D eigenvalue weighted by molar-refractivity contribution is 7.47. The van der Waals surface area contributed by atoms with E-state index in [1.807, 2.05) is 6.08 Å². The Bertz CT molecular complexity index is 850. The Morgan fingerprint density at radius 3 is 1.67 bits per heavy atom. The van der Waals surface area contributed by atoms with E-state index in [-0.39, 0.29) is 25.7 Å². The monoisotopic (exact) mass is 699 g/mol. The van der Waals surface area contributed by atoms with Crippen LogP contribution in [-0.2, 0) is 18.4 Å². The Morgan fingerprint density at radius 1 is 0.667 bits per heavy atom. The number of aliphatic hydroxyl groups excluding tert-OH is 1. The minimum atomic E-state index is -4.34. The van der Waals surface area contributed by atoms with E-state index in [4.69, 9.17) is 14.8 Å². The standard InChI is InChI=1S/C39H75N2O6P/c1-3-5-7-9-11-13-15-16-17-18-19-20-21-23-24-26-28-30-32-38(42)37(36-47-48(44,45)46-35-34-40)41-39(43)33-31-29-27-25-22-14-12-10-8-6-4-2/h10,12,23-24,30,32,37-38,42H,3-9,11,13-22,25-29,31,33-36,40H2,1-2H3,(H,41,43)(H,44,45)/b12-10-,24-23+,32-30+. The van der Waals surface area contributed by atoms with Gasteiger partial charge in [0, 0.05) is 13.0 Å². The van der Waals surface area contributed by atoms with Crippen LogP contribution in [0.5, 0.6) is 0 Å². The molecular weight excluding hydrogens is 623 g/mol. The fourth-order valence-electron chi connectivity index (χ4n) is 5.42. The van der Waals surface area contributed by atoms with Crippen LogP contribution in [0, 0.1) is 0 Å². The van der Waals surface area contributed by atoms with Gasteiger partial charge in [0.2, 0.25) is 5.91 Å². The number of carbonyl (C=O) groups excluding carboxylic acids is 1. The fourth-order valence-corrected chi connectivity index (χ4v) is 6.18. The number of nitrogens with two attached hydrogens (primary N) is 1. The SMILES string of the molecule is CCCC/C=C\CCCCCCCC(=O)NC(COP(=O)(O)OCCN)C(O)/C=C/CC/C=C/CCCCCCCCCCCCCC. The van der Waals surface area contributed by atoms with Crippen LogP contribution >= 0.6 is 7.82 Å². The molecule has 0 radical (unpaired) electrons. The maximum atomic E-state index is 12.7. The highest BCUT2D eigenvalue weighted by Crippen LogP contribution is 2.43. The first-order valence-electron chi connectivity index (χ1n) is 19.6. The van der Waals surface area contributed by atoms with Crippen LogP contribution in [0.4, 0.5) is 0 Å². The first kappa shape index (κ1) is 46.7. The second-order valence-electron chi connectivity index (χ2n) is 13.1. The molecule has 0 saturated heterocycles. The van der Waals surface area contributed by atoms with E-state index >= 15 is 0 Å². The number of nitrogens with one attached hydrogen (secondary N) is 1. The lowest BCUT2D eigenvalue weighted by Crippen LogP contribution is -2.45. The lowest BCUT2D eigenvalue weighted by molar-refractivity contribution is -0.123. The zero-order valence-corrected chi connectivity index (χ0v) is 31.9. The molecule has 0 fully saturated rings. The normalized spacial score (nSPS) is 14.7. The Morgan fingerprint density at radius 2 is 1.12 bits per heavy atom. The lowest BCUT2D eigenvalue weighted by Gasteiger charge is -2.23. The van der Waals surface area contributed by atoms with Crippen LogP contribution in [0.15, 0.2) is 36.5 Å². The van der Waals surface area contributed by atoms with Gasteiger partial charge in [0.15, 0.2) is 0 Å². The number of hydrogen-bond acceptors (Lipinski definition) is 6. The third-order valence-corrected chi connectivity index (χ3v) is 9.42. The second kappa shape index (κ2) is 35.5. The summed E-state index contributed by atoms with van der Waals surface area (Å²) in [7, 11) is -4.34. The van der Waals surface area contributed by atoms with Crippen LogP contribution in [0.2, 0.25) is 0 Å². The van der Waals surface area contributed by atoms with E-state index in [1.165, 1.54) is 89.9 Å². The Labute approximate surface area is 295 Å². The van der Waals surface area contributed by atoms with E-state index in [0.717, 1.165) is 64.2 Å². The third-order valence-electron chi connectivity index (χ3n) is 8.44. The molecule has 0 aliphatic carbocycles. The molecule has 5 N–H and O–H groups in total. The minimum absolute atomic E-state index is 0.0723. The van der Waals surface area contributed by atoms with E-state index in [1.54, 1.807) is 6.08 Å². The zero-order chi connectivity index (χ0) is 35.4. The molecule has 0 spiro atoms. The molecule has 0 rings (SSSR count). The van der Waals surface area contributed by atoms with Crippen molar-refractivity contribution in [1.29, 1.82) is 0 Å². The molecule has 0 aromatic heterocycles. The summed E-state index contributed by atoms with van der Waals surface area (Å²) in [6, 6.07) is -0.878. The number of unbranched alkanes of at least 4 members (excludes halogenated alkanes) is 20. The van der Waals surface area contributed by atoms with E-state index in [9.17, 15) is 19.4 Å². The topological polar surface area (TPSA) is 131 Å². The van der Waals surface area contributed by atoms with Crippen molar-refractivity contribution < 1.29 is 28.4 Å². The summed E-state index contributed by atoms with van der Waals surface area (Å²) >= 11 is 0. The van der Waals surface area contributed by atoms with Crippen molar-refractivity contribution >= 4 is 13.7 Å². The maximum Gasteiger partial charge on any atom is 0.472 e. The first-order valence-corrected chi connectivity index (χ1v) is 21.1.